The molecule has 0 aromatic carbocycles. The molecule has 7 nitrogen and oxygen atoms in total. The van der Waals surface area contributed by atoms with Gasteiger partial charge >= 0.3 is 0 Å². The third-order valence-electron chi connectivity index (χ3n) is 3.42. The number of rotatable bonds is 8. The number of morpholine rings is 1. The van der Waals surface area contributed by atoms with E-state index in [0.29, 0.717) is 32.3 Å². The molecule has 1 aliphatic heterocycles. The van der Waals surface area contributed by atoms with Crippen LogP contribution < -0.4 is 15.0 Å². The van der Waals surface area contributed by atoms with Crippen LogP contribution in [0.25, 0.3) is 0 Å². The van der Waals surface area contributed by atoms with Gasteiger partial charge in [0.05, 0.1) is 24.9 Å². The third-order valence-corrected chi connectivity index (χ3v) is 3.92. The predicted octanol–water partition coefficient (Wildman–Crippen LogP) is 1.55. The minimum Gasteiger partial charge on any atom is -0.472 e. The van der Waals surface area contributed by atoms with E-state index in [2.05, 4.69) is 39.7 Å². The SMILES string of the molecule is CCO[C@@H](CNC(C)(C)C)COc1nsnc1N1CCOCC1. The fourth-order valence-corrected chi connectivity index (χ4v) is 2.75. The zero-order chi connectivity index (χ0) is 16.7. The van der Waals surface area contributed by atoms with Crippen LogP contribution in [0.1, 0.15) is 27.7 Å². The highest BCUT2D eigenvalue weighted by Crippen LogP contribution is 2.26. The quantitative estimate of drug-likeness (QED) is 0.767. The van der Waals surface area contributed by atoms with Crippen molar-refractivity contribution in [1.82, 2.24) is 14.1 Å². The van der Waals surface area contributed by atoms with Crippen LogP contribution >= 0.6 is 11.7 Å². The Kier molecular flexibility index (Phi) is 7.01. The van der Waals surface area contributed by atoms with Crippen LogP contribution in [0.3, 0.4) is 0 Å². The zero-order valence-electron chi connectivity index (χ0n) is 14.5. The lowest BCUT2D eigenvalue weighted by atomic mass is 10.1. The molecule has 1 N–H and O–H groups in total. The maximum atomic E-state index is 5.90. The topological polar surface area (TPSA) is 68.7 Å². The zero-order valence-corrected chi connectivity index (χ0v) is 15.3. The minimum atomic E-state index is -0.0153. The highest BCUT2D eigenvalue weighted by molar-refractivity contribution is 6.99. The van der Waals surface area contributed by atoms with Gasteiger partial charge in [-0.3, -0.25) is 0 Å². The molecule has 0 bridgehead atoms. The van der Waals surface area contributed by atoms with Crippen molar-refractivity contribution in [3.63, 3.8) is 0 Å². The molecular formula is C15H28N4O3S. The number of anilines is 1. The lowest BCUT2D eigenvalue weighted by molar-refractivity contribution is 0.0237. The second kappa shape index (κ2) is 8.77. The van der Waals surface area contributed by atoms with Crippen LogP contribution in [0.2, 0.25) is 0 Å². The normalized spacial score (nSPS) is 17.3. The summed E-state index contributed by atoms with van der Waals surface area (Å²) in [5.41, 5.74) is 0.0521. The number of hydrogen-bond acceptors (Lipinski definition) is 8. The van der Waals surface area contributed by atoms with Gasteiger partial charge in [-0.25, -0.2) is 0 Å². The van der Waals surface area contributed by atoms with Crippen LogP contribution in [-0.2, 0) is 9.47 Å². The predicted molar refractivity (Wildman–Crippen MR) is 91.6 cm³/mol. The fourth-order valence-electron chi connectivity index (χ4n) is 2.23. The first kappa shape index (κ1) is 18.4. The molecule has 8 heteroatoms. The van der Waals surface area contributed by atoms with E-state index in [4.69, 9.17) is 14.2 Å². The Labute approximate surface area is 142 Å². The van der Waals surface area contributed by atoms with Crippen molar-refractivity contribution >= 4 is 17.5 Å². The van der Waals surface area contributed by atoms with Gasteiger partial charge in [0.25, 0.3) is 5.88 Å². The molecule has 1 fully saturated rings. The highest BCUT2D eigenvalue weighted by Gasteiger charge is 2.21. The smallest absolute Gasteiger partial charge is 0.270 e. The Morgan fingerprint density at radius 1 is 1.30 bits per heavy atom. The summed E-state index contributed by atoms with van der Waals surface area (Å²) in [6.45, 7) is 13.3. The molecule has 2 heterocycles. The van der Waals surface area contributed by atoms with E-state index < -0.39 is 0 Å². The lowest BCUT2D eigenvalue weighted by Crippen LogP contribution is -2.43. The Morgan fingerprint density at radius 2 is 2.04 bits per heavy atom. The number of aromatic nitrogens is 2. The molecule has 0 saturated carbocycles. The van der Waals surface area contributed by atoms with E-state index in [1.807, 2.05) is 6.92 Å². The van der Waals surface area contributed by atoms with Crippen LogP contribution in [-0.4, -0.2) is 66.5 Å². The van der Waals surface area contributed by atoms with E-state index in [0.717, 1.165) is 25.5 Å². The van der Waals surface area contributed by atoms with E-state index in [1.54, 1.807) is 0 Å². The van der Waals surface area contributed by atoms with Crippen molar-refractivity contribution in [3.8, 4) is 5.88 Å². The van der Waals surface area contributed by atoms with Gasteiger partial charge in [-0.1, -0.05) is 0 Å². The second-order valence-electron chi connectivity index (χ2n) is 6.51. The molecule has 2 rings (SSSR count). The maximum absolute atomic E-state index is 5.90. The van der Waals surface area contributed by atoms with E-state index in [-0.39, 0.29) is 11.6 Å². The van der Waals surface area contributed by atoms with Crippen LogP contribution in [0.5, 0.6) is 5.88 Å². The summed E-state index contributed by atoms with van der Waals surface area (Å²) in [7, 11) is 0. The van der Waals surface area contributed by atoms with Crippen molar-refractivity contribution in [2.45, 2.75) is 39.3 Å². The molecule has 0 spiro atoms. The maximum Gasteiger partial charge on any atom is 0.270 e. The van der Waals surface area contributed by atoms with Gasteiger partial charge < -0.3 is 24.4 Å². The summed E-state index contributed by atoms with van der Waals surface area (Å²) in [4.78, 5) is 2.16. The van der Waals surface area contributed by atoms with Crippen LogP contribution in [0.4, 0.5) is 5.82 Å². The summed E-state index contributed by atoms with van der Waals surface area (Å²) in [5, 5.41) is 3.45. The van der Waals surface area contributed by atoms with E-state index >= 15 is 0 Å². The van der Waals surface area contributed by atoms with Gasteiger partial charge in [0.2, 0.25) is 5.82 Å². The van der Waals surface area contributed by atoms with Gasteiger partial charge in [0, 0.05) is 31.8 Å². The highest BCUT2D eigenvalue weighted by atomic mass is 32.1. The molecule has 1 aromatic heterocycles. The van der Waals surface area contributed by atoms with Crippen molar-refractivity contribution < 1.29 is 14.2 Å². The molecular weight excluding hydrogens is 316 g/mol. The molecule has 23 heavy (non-hydrogen) atoms. The summed E-state index contributed by atoms with van der Waals surface area (Å²) in [6, 6.07) is 0. The van der Waals surface area contributed by atoms with Gasteiger partial charge in [-0.15, -0.1) is 4.37 Å². The van der Waals surface area contributed by atoms with Gasteiger partial charge in [0.1, 0.15) is 12.7 Å². The van der Waals surface area contributed by atoms with Crippen molar-refractivity contribution in [1.29, 1.82) is 0 Å². The van der Waals surface area contributed by atoms with E-state index in [9.17, 15) is 0 Å². The Morgan fingerprint density at radius 3 is 2.70 bits per heavy atom. The molecule has 1 saturated heterocycles. The Hall–Kier alpha value is -0.960. The first-order chi connectivity index (χ1) is 11.0. The number of nitrogens with one attached hydrogen (secondary N) is 1. The first-order valence-corrected chi connectivity index (χ1v) is 8.87. The van der Waals surface area contributed by atoms with Crippen molar-refractivity contribution in [3.05, 3.63) is 0 Å². The number of ether oxygens (including phenoxy) is 3. The lowest BCUT2D eigenvalue weighted by Gasteiger charge is -2.27. The van der Waals surface area contributed by atoms with E-state index in [1.165, 1.54) is 11.7 Å². The van der Waals surface area contributed by atoms with Gasteiger partial charge in [-0.2, -0.15) is 4.37 Å². The summed E-state index contributed by atoms with van der Waals surface area (Å²) in [6.07, 6.45) is -0.0153. The third kappa shape index (κ3) is 6.21. The van der Waals surface area contributed by atoms with Crippen LogP contribution in [0.15, 0.2) is 0 Å². The van der Waals surface area contributed by atoms with Crippen molar-refractivity contribution in [2.75, 3.05) is 51.0 Å². The molecule has 0 aliphatic carbocycles. The standard InChI is InChI=1S/C15H28N4O3S/c1-5-21-12(10-16-15(2,3)4)11-22-14-13(17-23-18-14)19-6-8-20-9-7-19/h12,16H,5-11H2,1-4H3/t12-/m0/s1. The molecule has 1 aliphatic rings. The summed E-state index contributed by atoms with van der Waals surface area (Å²) < 4.78 is 25.7. The average molecular weight is 344 g/mol. The second-order valence-corrected chi connectivity index (χ2v) is 7.04. The molecule has 132 valence electrons. The molecule has 0 radical (unpaired) electrons. The van der Waals surface area contributed by atoms with Gasteiger partial charge in [0.15, 0.2) is 0 Å². The number of nitrogens with zero attached hydrogens (tertiary/aromatic N) is 3. The summed E-state index contributed by atoms with van der Waals surface area (Å²) in [5.74, 6) is 1.41. The Bertz CT molecular complexity index is 458. The molecule has 1 atom stereocenters. The largest absolute Gasteiger partial charge is 0.472 e. The monoisotopic (exact) mass is 344 g/mol. The number of hydrogen-bond donors (Lipinski definition) is 1. The average Bonchev–Trinajstić information content (AvgIpc) is 2.98. The Balaban J connectivity index is 1.88. The van der Waals surface area contributed by atoms with Crippen molar-refractivity contribution in [2.24, 2.45) is 0 Å². The minimum absolute atomic E-state index is 0.0153. The molecule has 0 amide bonds. The first-order valence-electron chi connectivity index (χ1n) is 8.14. The van der Waals surface area contributed by atoms with Gasteiger partial charge in [-0.05, 0) is 27.7 Å². The van der Waals surface area contributed by atoms with Crippen LogP contribution in [0, 0.1) is 0 Å². The molecule has 0 unspecified atom stereocenters. The summed E-state index contributed by atoms with van der Waals surface area (Å²) >= 11 is 1.18. The fraction of sp³-hybridized carbons (Fsp3) is 0.867. The molecule has 1 aromatic rings.